The maximum Gasteiger partial charge on any atom is 0.307 e. The maximum absolute atomic E-state index is 12.6. The van der Waals surface area contributed by atoms with E-state index in [1.54, 1.807) is 13.8 Å². The Labute approximate surface area is 158 Å². The van der Waals surface area contributed by atoms with Crippen LogP contribution in [0.15, 0.2) is 11.1 Å². The van der Waals surface area contributed by atoms with Gasteiger partial charge in [-0.2, -0.15) is 0 Å². The van der Waals surface area contributed by atoms with Gasteiger partial charge in [0, 0.05) is 5.41 Å². The minimum Gasteiger partial charge on any atom is -0.450 e. The molecule has 8 atom stereocenters. The maximum atomic E-state index is 12.6. The predicted octanol–water partition coefficient (Wildman–Crippen LogP) is 0.0231. The zero-order valence-corrected chi connectivity index (χ0v) is 16.5. The van der Waals surface area contributed by atoms with Crippen molar-refractivity contribution in [1.29, 1.82) is 0 Å². The Balaban J connectivity index is 2.15. The van der Waals surface area contributed by atoms with Gasteiger partial charge in [0.1, 0.15) is 23.4 Å². The van der Waals surface area contributed by atoms with Crippen molar-refractivity contribution in [3.63, 3.8) is 0 Å². The van der Waals surface area contributed by atoms with Crippen molar-refractivity contribution in [1.82, 2.24) is 0 Å². The summed E-state index contributed by atoms with van der Waals surface area (Å²) in [6.45, 7) is 8.53. The van der Waals surface area contributed by atoms with Gasteiger partial charge in [-0.1, -0.05) is 27.7 Å². The lowest BCUT2D eigenvalue weighted by Gasteiger charge is -2.59. The molecular weight excluding hydrogens is 352 g/mol. The van der Waals surface area contributed by atoms with E-state index in [9.17, 15) is 30.3 Å². The van der Waals surface area contributed by atoms with E-state index < -0.39 is 46.0 Å². The normalized spacial score (nSPS) is 57.0. The summed E-state index contributed by atoms with van der Waals surface area (Å²) in [7, 11) is 0. The lowest BCUT2D eigenvalue weighted by atomic mass is 9.55. The predicted molar refractivity (Wildman–Crippen MR) is 94.3 cm³/mol. The molecule has 0 unspecified atom stereocenters. The average molecular weight is 382 g/mol. The molecule has 1 saturated heterocycles. The summed E-state index contributed by atoms with van der Waals surface area (Å²) in [6, 6.07) is 0. The van der Waals surface area contributed by atoms with Gasteiger partial charge in [0.15, 0.2) is 5.60 Å². The molecule has 152 valence electrons. The number of carbonyl (C=O) groups is 1. The molecule has 7 nitrogen and oxygen atoms in total. The molecule has 4 rings (SSSR count). The van der Waals surface area contributed by atoms with Crippen molar-refractivity contribution < 1.29 is 35.1 Å². The molecule has 27 heavy (non-hydrogen) atoms. The van der Waals surface area contributed by atoms with Crippen LogP contribution in [0.4, 0.5) is 0 Å². The summed E-state index contributed by atoms with van der Waals surface area (Å²) in [4.78, 5) is 12.6. The van der Waals surface area contributed by atoms with E-state index in [4.69, 9.17) is 4.74 Å². The highest BCUT2D eigenvalue weighted by molar-refractivity contribution is 5.77. The summed E-state index contributed by atoms with van der Waals surface area (Å²) in [6.07, 6.45) is -2.67. The number of aliphatic hydroxyl groups excluding tert-OH is 2. The van der Waals surface area contributed by atoms with Gasteiger partial charge in [-0.25, -0.2) is 0 Å². The fraction of sp³-hybridized carbons (Fsp3) is 0.850. The van der Waals surface area contributed by atoms with E-state index in [-0.39, 0.29) is 30.3 Å². The van der Waals surface area contributed by atoms with E-state index in [1.165, 1.54) is 6.92 Å². The molecule has 0 aromatic heterocycles. The van der Waals surface area contributed by atoms with Gasteiger partial charge in [-0.3, -0.25) is 4.79 Å². The van der Waals surface area contributed by atoms with E-state index in [1.807, 2.05) is 13.8 Å². The molecule has 3 fully saturated rings. The van der Waals surface area contributed by atoms with Gasteiger partial charge in [-0.05, 0) is 42.7 Å². The van der Waals surface area contributed by atoms with Gasteiger partial charge in [0.2, 0.25) is 5.60 Å². The molecule has 5 N–H and O–H groups in total. The monoisotopic (exact) mass is 382 g/mol. The Morgan fingerprint density at radius 1 is 1.19 bits per heavy atom. The van der Waals surface area contributed by atoms with E-state index in [0.29, 0.717) is 12.0 Å². The highest BCUT2D eigenvalue weighted by Crippen LogP contribution is 2.77. The number of rotatable bonds is 1. The zero-order chi connectivity index (χ0) is 20.4. The molecule has 0 aromatic carbocycles. The van der Waals surface area contributed by atoms with Crippen molar-refractivity contribution >= 4 is 5.97 Å². The first kappa shape index (κ1) is 19.3. The molecule has 2 bridgehead atoms. The first-order valence-corrected chi connectivity index (χ1v) is 9.74. The largest absolute Gasteiger partial charge is 0.450 e. The summed E-state index contributed by atoms with van der Waals surface area (Å²) in [5.41, 5.74) is -9.47. The molecule has 1 aliphatic heterocycles. The van der Waals surface area contributed by atoms with Gasteiger partial charge >= 0.3 is 5.97 Å². The van der Waals surface area contributed by atoms with Crippen molar-refractivity contribution in [3.8, 4) is 0 Å². The van der Waals surface area contributed by atoms with Crippen LogP contribution in [0.3, 0.4) is 0 Å². The quantitative estimate of drug-likeness (QED) is 0.320. The molecule has 2 saturated carbocycles. The topological polar surface area (TPSA) is 127 Å². The first-order chi connectivity index (χ1) is 12.3. The Morgan fingerprint density at radius 2 is 1.78 bits per heavy atom. The number of fused-ring (bicyclic) bond motifs is 2. The highest BCUT2D eigenvalue weighted by atomic mass is 16.6. The van der Waals surface area contributed by atoms with E-state index >= 15 is 0 Å². The second kappa shape index (κ2) is 4.94. The number of hydrogen-bond acceptors (Lipinski definition) is 7. The van der Waals surface area contributed by atoms with Gasteiger partial charge in [0.05, 0.1) is 6.42 Å². The smallest absolute Gasteiger partial charge is 0.307 e. The molecule has 3 aliphatic carbocycles. The third kappa shape index (κ3) is 1.50. The minimum absolute atomic E-state index is 0.136. The van der Waals surface area contributed by atoms with Crippen molar-refractivity contribution in [2.24, 2.45) is 17.3 Å². The molecule has 0 amide bonds. The molecule has 1 heterocycles. The standard InChI is InChI=1S/C20H30O7/c1-9(2)13-11(4)18(25)19(26,15(13)23)16(5)8-12(21)27-20(18)14(22)10(3)6-7-17(16,20)24/h9-10,14-15,22-26H,6-8H2,1-5H3/t10-,14+,15+,16-,17-,18+,19+,20+/m0/s1. The van der Waals surface area contributed by atoms with Gasteiger partial charge in [0.25, 0.3) is 0 Å². The fourth-order valence-corrected chi connectivity index (χ4v) is 7.08. The van der Waals surface area contributed by atoms with Crippen LogP contribution in [0.1, 0.15) is 53.9 Å². The highest BCUT2D eigenvalue weighted by Gasteiger charge is 2.96. The number of hydrogen-bond donors (Lipinski definition) is 5. The van der Waals surface area contributed by atoms with Crippen LogP contribution in [0.2, 0.25) is 0 Å². The summed E-state index contributed by atoms with van der Waals surface area (Å²) in [5, 5.41) is 58.3. The SMILES string of the molecule is CC1=C(C(C)C)[C@@H](O)[C@@]2(O)[C@@]3(C)CC(=O)O[C@@]4([C@H](O)[C@@H](C)CC[C@]34O)[C@@]12O. The number of esters is 1. The van der Waals surface area contributed by atoms with Gasteiger partial charge in [-0.15, -0.1) is 0 Å². The average Bonchev–Trinajstić information content (AvgIpc) is 2.75. The second-order valence-electron chi connectivity index (χ2n) is 9.65. The Morgan fingerprint density at radius 3 is 2.33 bits per heavy atom. The van der Waals surface area contributed by atoms with Gasteiger partial charge < -0.3 is 30.3 Å². The van der Waals surface area contributed by atoms with Crippen LogP contribution in [0.25, 0.3) is 0 Å². The lowest BCUT2D eigenvalue weighted by Crippen LogP contribution is -2.77. The van der Waals surface area contributed by atoms with E-state index in [2.05, 4.69) is 0 Å². The second-order valence-corrected chi connectivity index (χ2v) is 9.65. The molecular formula is C20H30O7. The molecule has 7 heteroatoms. The fourth-order valence-electron chi connectivity index (χ4n) is 7.08. The van der Waals surface area contributed by atoms with Crippen LogP contribution in [0.5, 0.6) is 0 Å². The van der Waals surface area contributed by atoms with Crippen molar-refractivity contribution in [3.05, 3.63) is 11.1 Å². The number of aliphatic hydroxyl groups is 5. The zero-order valence-electron chi connectivity index (χ0n) is 16.5. The molecule has 0 aromatic rings. The third-order valence-corrected chi connectivity index (χ3v) is 8.44. The molecule has 0 radical (unpaired) electrons. The van der Waals surface area contributed by atoms with Crippen LogP contribution < -0.4 is 0 Å². The summed E-state index contributed by atoms with van der Waals surface area (Å²) in [5.74, 6) is -1.28. The lowest BCUT2D eigenvalue weighted by molar-refractivity contribution is -0.307. The molecule has 0 spiro atoms. The molecule has 4 aliphatic rings. The van der Waals surface area contributed by atoms with Crippen molar-refractivity contribution in [2.75, 3.05) is 0 Å². The number of ether oxygens (including phenoxy) is 1. The first-order valence-electron chi connectivity index (χ1n) is 9.74. The number of carbonyl (C=O) groups excluding carboxylic acids is 1. The Kier molecular flexibility index (Phi) is 3.54. The van der Waals surface area contributed by atoms with E-state index in [0.717, 1.165) is 0 Å². The summed E-state index contributed by atoms with van der Waals surface area (Å²) < 4.78 is 5.65. The Bertz CT molecular complexity index is 761. The van der Waals surface area contributed by atoms with Crippen LogP contribution >= 0.6 is 0 Å². The minimum atomic E-state index is -2.30. The van der Waals surface area contributed by atoms with Crippen LogP contribution in [0, 0.1) is 17.3 Å². The summed E-state index contributed by atoms with van der Waals surface area (Å²) >= 11 is 0. The Hall–Kier alpha value is -0.990. The van der Waals surface area contributed by atoms with Crippen molar-refractivity contribution in [2.45, 2.75) is 88.5 Å². The third-order valence-electron chi connectivity index (χ3n) is 8.44. The van der Waals surface area contributed by atoms with Crippen LogP contribution in [-0.4, -0.2) is 66.1 Å². The van der Waals surface area contributed by atoms with Crippen LogP contribution in [-0.2, 0) is 9.53 Å².